The van der Waals surface area contributed by atoms with E-state index in [-0.39, 0.29) is 11.9 Å². The van der Waals surface area contributed by atoms with E-state index in [1.165, 1.54) is 11.3 Å². The number of hydrogen-bond donors (Lipinski definition) is 2. The summed E-state index contributed by atoms with van der Waals surface area (Å²) in [6, 6.07) is 9.55. The molecule has 100 valence electrons. The van der Waals surface area contributed by atoms with Crippen molar-refractivity contribution in [2.75, 3.05) is 5.73 Å². The fraction of sp³-hybridized carbons (Fsp3) is 0.267. The molecule has 3 nitrogen and oxygen atoms in total. The number of nitrogens with one attached hydrogen (secondary N) is 1. The van der Waals surface area contributed by atoms with Crippen LogP contribution < -0.4 is 11.1 Å². The first kappa shape index (κ1) is 13.6. The van der Waals surface area contributed by atoms with Crippen LogP contribution in [0.15, 0.2) is 35.7 Å². The molecule has 1 unspecified atom stereocenters. The lowest BCUT2D eigenvalue weighted by Gasteiger charge is -2.14. The van der Waals surface area contributed by atoms with Gasteiger partial charge in [0.15, 0.2) is 0 Å². The summed E-state index contributed by atoms with van der Waals surface area (Å²) in [5, 5.41) is 4.97. The molecule has 19 heavy (non-hydrogen) atoms. The Bertz CT molecular complexity index is 577. The lowest BCUT2D eigenvalue weighted by molar-refractivity contribution is 0.0943. The number of hydrogen-bond acceptors (Lipinski definition) is 3. The minimum Gasteiger partial charge on any atom is -0.399 e. The van der Waals surface area contributed by atoms with Crippen LogP contribution in [0, 0.1) is 0 Å². The first-order valence-electron chi connectivity index (χ1n) is 6.34. The Labute approximate surface area is 117 Å². The van der Waals surface area contributed by atoms with E-state index < -0.39 is 0 Å². The first-order chi connectivity index (χ1) is 9.11. The second-order valence-corrected chi connectivity index (χ2v) is 5.41. The Morgan fingerprint density at radius 2 is 2.21 bits per heavy atom. The molecule has 3 N–H and O–H groups in total. The molecule has 2 aromatic rings. The van der Waals surface area contributed by atoms with Crippen molar-refractivity contribution in [1.29, 1.82) is 0 Å². The fourth-order valence-corrected chi connectivity index (χ4v) is 2.89. The maximum Gasteiger partial charge on any atom is 0.262 e. The Morgan fingerprint density at radius 1 is 1.42 bits per heavy atom. The van der Waals surface area contributed by atoms with E-state index in [0.29, 0.717) is 5.69 Å². The van der Waals surface area contributed by atoms with Crippen LogP contribution in [0.2, 0.25) is 0 Å². The molecule has 1 aromatic heterocycles. The van der Waals surface area contributed by atoms with Crippen LogP contribution in [0.3, 0.4) is 0 Å². The summed E-state index contributed by atoms with van der Waals surface area (Å²) in [6.45, 7) is 4.02. The number of anilines is 1. The molecular formula is C15H18N2OS. The number of thiophene rings is 1. The maximum atomic E-state index is 12.2. The molecule has 0 aliphatic heterocycles. The van der Waals surface area contributed by atoms with Crippen molar-refractivity contribution in [3.63, 3.8) is 0 Å². The monoisotopic (exact) mass is 274 g/mol. The highest BCUT2D eigenvalue weighted by Gasteiger charge is 2.15. The lowest BCUT2D eigenvalue weighted by atomic mass is 10.1. The van der Waals surface area contributed by atoms with Crippen LogP contribution in [-0.4, -0.2) is 5.91 Å². The fourth-order valence-electron chi connectivity index (χ4n) is 1.99. The van der Waals surface area contributed by atoms with E-state index in [9.17, 15) is 4.79 Å². The van der Waals surface area contributed by atoms with Crippen molar-refractivity contribution in [3.05, 3.63) is 51.7 Å². The first-order valence-corrected chi connectivity index (χ1v) is 7.22. The van der Waals surface area contributed by atoms with Crippen molar-refractivity contribution in [3.8, 4) is 0 Å². The van der Waals surface area contributed by atoms with Crippen molar-refractivity contribution >= 4 is 22.9 Å². The summed E-state index contributed by atoms with van der Waals surface area (Å²) in [4.78, 5) is 13.0. The standard InChI is InChI=1S/C15H18N2OS/c1-3-11-7-8-19-14(11)15(18)17-10(2)12-5-4-6-13(16)9-12/h4-10H,3,16H2,1-2H3,(H,17,18). The molecule has 0 aliphatic rings. The van der Waals surface area contributed by atoms with Crippen LogP contribution in [-0.2, 0) is 6.42 Å². The largest absolute Gasteiger partial charge is 0.399 e. The summed E-state index contributed by atoms with van der Waals surface area (Å²) < 4.78 is 0. The molecule has 0 radical (unpaired) electrons. The highest BCUT2D eigenvalue weighted by atomic mass is 32.1. The molecule has 0 saturated carbocycles. The molecule has 1 aromatic carbocycles. The van der Waals surface area contributed by atoms with E-state index in [1.54, 1.807) is 0 Å². The number of rotatable bonds is 4. The third-order valence-electron chi connectivity index (χ3n) is 3.09. The number of amides is 1. The third-order valence-corrected chi connectivity index (χ3v) is 4.05. The molecule has 2 rings (SSSR count). The van der Waals surface area contributed by atoms with Crippen molar-refractivity contribution in [1.82, 2.24) is 5.32 Å². The highest BCUT2D eigenvalue weighted by molar-refractivity contribution is 7.12. The molecule has 1 heterocycles. The van der Waals surface area contributed by atoms with E-state index in [4.69, 9.17) is 5.73 Å². The predicted octanol–water partition coefficient (Wildman–Crippen LogP) is 3.38. The van der Waals surface area contributed by atoms with E-state index in [0.717, 1.165) is 22.4 Å². The zero-order chi connectivity index (χ0) is 13.8. The van der Waals surface area contributed by atoms with E-state index >= 15 is 0 Å². The molecule has 1 atom stereocenters. The van der Waals surface area contributed by atoms with Gasteiger partial charge in [-0.15, -0.1) is 11.3 Å². The quantitative estimate of drug-likeness (QED) is 0.840. The number of aryl methyl sites for hydroxylation is 1. The molecule has 0 saturated heterocycles. The van der Waals surface area contributed by atoms with Crippen molar-refractivity contribution in [2.45, 2.75) is 26.3 Å². The van der Waals surface area contributed by atoms with Crippen molar-refractivity contribution < 1.29 is 4.79 Å². The minimum absolute atomic E-state index is 0.0122. The Hall–Kier alpha value is -1.81. The third kappa shape index (κ3) is 3.15. The van der Waals surface area contributed by atoms with Crippen LogP contribution in [0.25, 0.3) is 0 Å². The van der Waals surface area contributed by atoms with Crippen LogP contribution >= 0.6 is 11.3 Å². The summed E-state index contributed by atoms with van der Waals surface area (Å²) in [7, 11) is 0. The van der Waals surface area contributed by atoms with Gasteiger partial charge in [-0.1, -0.05) is 19.1 Å². The number of nitrogen functional groups attached to an aromatic ring is 1. The molecule has 4 heteroatoms. The van der Waals surface area contributed by atoms with Gasteiger partial charge in [0.1, 0.15) is 0 Å². The second kappa shape index (κ2) is 5.89. The average molecular weight is 274 g/mol. The van der Waals surface area contributed by atoms with Gasteiger partial charge in [-0.3, -0.25) is 4.79 Å². The number of carbonyl (C=O) groups is 1. The van der Waals surface area contributed by atoms with Crippen LogP contribution in [0.1, 0.15) is 40.7 Å². The number of nitrogens with two attached hydrogens (primary N) is 1. The smallest absolute Gasteiger partial charge is 0.262 e. The Kier molecular flexibility index (Phi) is 4.22. The van der Waals surface area contributed by atoms with E-state index in [1.807, 2.05) is 42.6 Å². The van der Waals surface area contributed by atoms with Gasteiger partial charge in [0.2, 0.25) is 0 Å². The van der Waals surface area contributed by atoms with Gasteiger partial charge in [-0.2, -0.15) is 0 Å². The topological polar surface area (TPSA) is 55.1 Å². The summed E-state index contributed by atoms with van der Waals surface area (Å²) >= 11 is 1.49. The Morgan fingerprint density at radius 3 is 2.89 bits per heavy atom. The van der Waals surface area contributed by atoms with Gasteiger partial charge in [0.05, 0.1) is 10.9 Å². The van der Waals surface area contributed by atoms with Gasteiger partial charge < -0.3 is 11.1 Å². The van der Waals surface area contributed by atoms with Gasteiger partial charge in [0.25, 0.3) is 5.91 Å². The zero-order valence-corrected chi connectivity index (χ0v) is 12.0. The normalized spacial score (nSPS) is 12.1. The summed E-state index contributed by atoms with van der Waals surface area (Å²) in [5.41, 5.74) is 8.58. The van der Waals surface area contributed by atoms with Gasteiger partial charge in [-0.25, -0.2) is 0 Å². The summed E-state index contributed by atoms with van der Waals surface area (Å²) in [6.07, 6.45) is 0.874. The van der Waals surface area contributed by atoms with Crippen LogP contribution in [0.5, 0.6) is 0 Å². The number of carbonyl (C=O) groups excluding carboxylic acids is 1. The molecule has 0 aliphatic carbocycles. The van der Waals surface area contributed by atoms with Gasteiger partial charge in [0, 0.05) is 5.69 Å². The minimum atomic E-state index is -0.0530. The average Bonchev–Trinajstić information content (AvgIpc) is 2.87. The van der Waals surface area contributed by atoms with Crippen molar-refractivity contribution in [2.24, 2.45) is 0 Å². The van der Waals surface area contributed by atoms with Crippen LogP contribution in [0.4, 0.5) is 5.69 Å². The van der Waals surface area contributed by atoms with Gasteiger partial charge >= 0.3 is 0 Å². The SMILES string of the molecule is CCc1ccsc1C(=O)NC(C)c1cccc(N)c1. The molecule has 0 fully saturated rings. The highest BCUT2D eigenvalue weighted by Crippen LogP contribution is 2.20. The van der Waals surface area contributed by atoms with E-state index in [2.05, 4.69) is 12.2 Å². The number of benzene rings is 1. The molecular weight excluding hydrogens is 256 g/mol. The van der Waals surface area contributed by atoms with Gasteiger partial charge in [-0.05, 0) is 48.1 Å². The Balaban J connectivity index is 2.11. The molecule has 1 amide bonds. The molecule has 0 bridgehead atoms. The molecule has 0 spiro atoms. The predicted molar refractivity (Wildman–Crippen MR) is 80.4 cm³/mol. The second-order valence-electron chi connectivity index (χ2n) is 4.49. The zero-order valence-electron chi connectivity index (χ0n) is 11.1. The maximum absolute atomic E-state index is 12.2. The summed E-state index contributed by atoms with van der Waals surface area (Å²) in [5.74, 6) is -0.0122. The lowest BCUT2D eigenvalue weighted by Crippen LogP contribution is -2.26.